The topological polar surface area (TPSA) is 30.7 Å². The molecule has 0 radical (unpaired) electrons. The first-order valence-corrected chi connectivity index (χ1v) is 12.2. The summed E-state index contributed by atoms with van der Waals surface area (Å²) in [5.74, 6) is 0. The van der Waals surface area contributed by atoms with Crippen LogP contribution < -0.4 is 0 Å². The van der Waals surface area contributed by atoms with Crippen LogP contribution in [-0.2, 0) is 17.0 Å². The molecule has 0 fully saturated rings. The summed E-state index contributed by atoms with van der Waals surface area (Å²) in [6.45, 7) is 15.5. The predicted octanol–water partition coefficient (Wildman–Crippen LogP) is 8.48. The lowest BCUT2D eigenvalue weighted by Crippen LogP contribution is -2.27. The summed E-state index contributed by atoms with van der Waals surface area (Å²) in [4.78, 5) is 1.46. The van der Waals surface area contributed by atoms with E-state index in [4.69, 9.17) is 0 Å². The van der Waals surface area contributed by atoms with Crippen LogP contribution in [-0.4, -0.2) is 15.0 Å². The number of halogens is 3. The molecule has 3 aromatic carbocycles. The van der Waals surface area contributed by atoms with Crippen molar-refractivity contribution in [2.45, 2.75) is 71.9 Å². The number of benzene rings is 3. The van der Waals surface area contributed by atoms with E-state index in [1.807, 2.05) is 24.3 Å². The second-order valence-corrected chi connectivity index (χ2v) is 12.1. The van der Waals surface area contributed by atoms with Gasteiger partial charge in [-0.1, -0.05) is 84.9 Å². The number of fused-ring (bicyclic) bond motifs is 1. The molecular weight excluding hydrogens is 459 g/mol. The van der Waals surface area contributed by atoms with Crippen LogP contribution in [0.1, 0.15) is 77.1 Å². The van der Waals surface area contributed by atoms with E-state index in [1.54, 1.807) is 0 Å². The first-order chi connectivity index (χ1) is 16.6. The van der Waals surface area contributed by atoms with E-state index >= 15 is 0 Å². The number of rotatable bonds is 5. The highest BCUT2D eigenvalue weighted by molar-refractivity contribution is 5.75. The minimum absolute atomic E-state index is 0.112. The molecule has 0 saturated heterocycles. The smallest absolute Gasteiger partial charge is 0.166 e. The van der Waals surface area contributed by atoms with Crippen molar-refractivity contribution in [3.05, 3.63) is 89.0 Å². The van der Waals surface area contributed by atoms with Crippen molar-refractivity contribution in [1.29, 1.82) is 0 Å². The summed E-state index contributed by atoms with van der Waals surface area (Å²) in [6, 6.07) is 20.2. The highest BCUT2D eigenvalue weighted by Crippen LogP contribution is 2.40. The van der Waals surface area contributed by atoms with Crippen LogP contribution in [0.4, 0.5) is 13.2 Å². The van der Waals surface area contributed by atoms with E-state index in [0.29, 0.717) is 5.52 Å². The lowest BCUT2D eigenvalue weighted by molar-refractivity contribution is -0.137. The Kier molecular flexibility index (Phi) is 6.30. The molecule has 0 amide bonds. The van der Waals surface area contributed by atoms with Gasteiger partial charge in [0.2, 0.25) is 0 Å². The third kappa shape index (κ3) is 5.32. The Morgan fingerprint density at radius 2 is 1.25 bits per heavy atom. The van der Waals surface area contributed by atoms with Gasteiger partial charge in [0.05, 0.1) is 11.3 Å². The minimum atomic E-state index is -4.43. The van der Waals surface area contributed by atoms with Crippen LogP contribution in [0, 0.1) is 5.41 Å². The van der Waals surface area contributed by atoms with Crippen molar-refractivity contribution in [1.82, 2.24) is 15.0 Å². The van der Waals surface area contributed by atoms with Crippen LogP contribution in [0.15, 0.2) is 66.7 Å². The van der Waals surface area contributed by atoms with Crippen LogP contribution >= 0.6 is 0 Å². The van der Waals surface area contributed by atoms with E-state index in [1.165, 1.54) is 16.4 Å². The van der Waals surface area contributed by atoms with Gasteiger partial charge in [0.25, 0.3) is 0 Å². The number of aromatic nitrogens is 3. The Balaban J connectivity index is 1.90. The highest BCUT2D eigenvalue weighted by atomic mass is 19.4. The van der Waals surface area contributed by atoms with Crippen LogP contribution in [0.3, 0.4) is 0 Å². The molecule has 1 heterocycles. The molecule has 4 aromatic rings. The van der Waals surface area contributed by atoms with Gasteiger partial charge >= 0.3 is 6.18 Å². The summed E-state index contributed by atoms with van der Waals surface area (Å²) in [5, 5.41) is 8.99. The zero-order chi connectivity index (χ0) is 26.5. The average Bonchev–Trinajstić information content (AvgIpc) is 3.21. The maximum Gasteiger partial charge on any atom is 0.416 e. The monoisotopic (exact) mass is 493 g/mol. The average molecular weight is 494 g/mol. The lowest BCUT2D eigenvalue weighted by Gasteiger charge is -2.35. The van der Waals surface area contributed by atoms with Crippen LogP contribution in [0.2, 0.25) is 0 Å². The predicted molar refractivity (Wildman–Crippen MR) is 140 cm³/mol. The number of nitrogens with zero attached hydrogens (tertiary/aromatic N) is 3. The Morgan fingerprint density at radius 1 is 0.639 bits per heavy atom. The Hall–Kier alpha value is -3.15. The lowest BCUT2D eigenvalue weighted by atomic mass is 9.70. The standard InChI is InChI=1S/C30H34F3N3/c1-27(2,3)19-28(4,5)22-15-23(29(6,7)20-11-9-8-10-12-20)17-24(16-22)36-34-25-14-13-21(30(31,32)33)18-26(25)35-36/h8-18H,19H2,1-7H3. The Labute approximate surface area is 211 Å². The molecule has 0 atom stereocenters. The fourth-order valence-corrected chi connectivity index (χ4v) is 5.13. The normalized spacial score (nSPS) is 13.4. The number of hydrogen-bond acceptors (Lipinski definition) is 2. The molecular formula is C30H34F3N3. The van der Waals surface area contributed by atoms with Gasteiger partial charge in [-0.05, 0) is 64.3 Å². The van der Waals surface area contributed by atoms with Crippen LogP contribution in [0.5, 0.6) is 0 Å². The number of hydrogen-bond donors (Lipinski definition) is 0. The summed E-state index contributed by atoms with van der Waals surface area (Å²) in [6.07, 6.45) is -3.47. The summed E-state index contributed by atoms with van der Waals surface area (Å²) < 4.78 is 39.8. The molecule has 0 aliphatic rings. The summed E-state index contributed by atoms with van der Waals surface area (Å²) in [7, 11) is 0. The third-order valence-electron chi connectivity index (χ3n) is 6.83. The molecule has 0 bridgehead atoms. The van der Waals surface area contributed by atoms with Crippen molar-refractivity contribution in [3.63, 3.8) is 0 Å². The molecule has 0 spiro atoms. The molecule has 6 heteroatoms. The molecule has 36 heavy (non-hydrogen) atoms. The second kappa shape index (κ2) is 8.75. The van der Waals surface area contributed by atoms with Crippen LogP contribution in [0.25, 0.3) is 16.7 Å². The fourth-order valence-electron chi connectivity index (χ4n) is 5.13. The van der Waals surface area contributed by atoms with Gasteiger partial charge < -0.3 is 0 Å². The summed E-state index contributed by atoms with van der Waals surface area (Å²) in [5.41, 5.74) is 3.72. The van der Waals surface area contributed by atoms with E-state index in [9.17, 15) is 13.2 Å². The quantitative estimate of drug-likeness (QED) is 0.279. The minimum Gasteiger partial charge on any atom is -0.166 e. The van der Waals surface area contributed by atoms with Gasteiger partial charge in [0.15, 0.2) is 0 Å². The number of alkyl halides is 3. The molecule has 3 nitrogen and oxygen atoms in total. The third-order valence-corrected chi connectivity index (χ3v) is 6.83. The van der Waals surface area contributed by atoms with Crippen molar-refractivity contribution >= 4 is 11.0 Å². The van der Waals surface area contributed by atoms with Gasteiger partial charge in [-0.2, -0.15) is 18.0 Å². The van der Waals surface area contributed by atoms with Crippen molar-refractivity contribution in [2.24, 2.45) is 5.41 Å². The van der Waals surface area contributed by atoms with E-state index < -0.39 is 11.7 Å². The molecule has 0 N–H and O–H groups in total. The zero-order valence-corrected chi connectivity index (χ0v) is 22.0. The molecule has 0 aliphatic heterocycles. The molecule has 4 rings (SSSR count). The SMILES string of the molecule is CC(C)(C)CC(C)(C)c1cc(-n2nc3ccc(C(F)(F)F)cc3n2)cc(C(C)(C)c2ccccc2)c1. The first-order valence-electron chi connectivity index (χ1n) is 12.2. The van der Waals surface area contributed by atoms with E-state index in [0.717, 1.165) is 35.4 Å². The van der Waals surface area contributed by atoms with Gasteiger partial charge in [-0.3, -0.25) is 0 Å². The largest absolute Gasteiger partial charge is 0.416 e. The zero-order valence-electron chi connectivity index (χ0n) is 22.0. The van der Waals surface area contributed by atoms with Crippen molar-refractivity contribution < 1.29 is 13.2 Å². The van der Waals surface area contributed by atoms with Gasteiger partial charge in [-0.15, -0.1) is 10.2 Å². The molecule has 0 unspecified atom stereocenters. The highest BCUT2D eigenvalue weighted by Gasteiger charge is 2.32. The van der Waals surface area contributed by atoms with Crippen molar-refractivity contribution in [2.75, 3.05) is 0 Å². The van der Waals surface area contributed by atoms with Crippen molar-refractivity contribution in [3.8, 4) is 5.69 Å². The molecule has 0 saturated carbocycles. The first kappa shape index (κ1) is 25.9. The maximum absolute atomic E-state index is 13.3. The van der Waals surface area contributed by atoms with E-state index in [-0.39, 0.29) is 21.8 Å². The van der Waals surface area contributed by atoms with Gasteiger partial charge in [0.1, 0.15) is 11.0 Å². The maximum atomic E-state index is 13.3. The molecule has 190 valence electrons. The molecule has 0 aliphatic carbocycles. The Bertz CT molecular complexity index is 1370. The van der Waals surface area contributed by atoms with Gasteiger partial charge in [-0.25, -0.2) is 0 Å². The van der Waals surface area contributed by atoms with Gasteiger partial charge in [0, 0.05) is 5.41 Å². The fraction of sp³-hybridized carbons (Fsp3) is 0.400. The second-order valence-electron chi connectivity index (χ2n) is 12.1. The van der Waals surface area contributed by atoms with E-state index in [2.05, 4.69) is 82.9 Å². The molecule has 1 aromatic heterocycles. The summed E-state index contributed by atoms with van der Waals surface area (Å²) >= 11 is 0. The Morgan fingerprint density at radius 3 is 1.86 bits per heavy atom.